The van der Waals surface area contributed by atoms with Crippen LogP contribution in [0.2, 0.25) is 5.02 Å². The first-order chi connectivity index (χ1) is 11.5. The van der Waals surface area contributed by atoms with Crippen molar-refractivity contribution in [1.82, 2.24) is 9.80 Å². The Labute approximate surface area is 148 Å². The third-order valence-corrected chi connectivity index (χ3v) is 5.12. The fourth-order valence-corrected chi connectivity index (χ4v) is 3.34. The van der Waals surface area contributed by atoms with Gasteiger partial charge in [0.1, 0.15) is 0 Å². The lowest BCUT2D eigenvalue weighted by Gasteiger charge is -2.34. The second kappa shape index (κ2) is 7.37. The molecule has 2 aromatic rings. The normalized spacial score (nSPS) is 15.5. The summed E-state index contributed by atoms with van der Waals surface area (Å²) >= 11 is 6.31. The molecular formula is C20H23ClN2O. The third kappa shape index (κ3) is 3.80. The van der Waals surface area contributed by atoms with Crippen LogP contribution in [0.25, 0.3) is 11.1 Å². The van der Waals surface area contributed by atoms with Crippen molar-refractivity contribution in [3.05, 3.63) is 58.6 Å². The molecule has 0 bridgehead atoms. The zero-order valence-electron chi connectivity index (χ0n) is 14.3. The van der Waals surface area contributed by atoms with Crippen LogP contribution in [0.5, 0.6) is 0 Å². The van der Waals surface area contributed by atoms with Gasteiger partial charge in [-0.05, 0) is 35.2 Å². The average Bonchev–Trinajstić information content (AvgIpc) is 2.58. The van der Waals surface area contributed by atoms with Gasteiger partial charge in [0.05, 0.1) is 0 Å². The number of rotatable bonds is 3. The molecule has 3 nitrogen and oxygen atoms in total. The highest BCUT2D eigenvalue weighted by atomic mass is 35.5. The number of nitrogens with zero attached hydrogens (tertiary/aromatic N) is 2. The van der Waals surface area contributed by atoms with Crippen molar-refractivity contribution >= 4 is 17.5 Å². The number of piperazine rings is 1. The molecule has 1 heterocycles. The minimum Gasteiger partial charge on any atom is -0.340 e. The van der Waals surface area contributed by atoms with E-state index in [1.165, 1.54) is 11.1 Å². The molecule has 0 N–H and O–H groups in total. The summed E-state index contributed by atoms with van der Waals surface area (Å²) in [6.45, 7) is 8.03. The Kier molecular flexibility index (Phi) is 5.22. The van der Waals surface area contributed by atoms with Gasteiger partial charge in [-0.3, -0.25) is 9.69 Å². The van der Waals surface area contributed by atoms with E-state index in [1.807, 2.05) is 17.9 Å². The second-order valence-electron chi connectivity index (χ2n) is 6.40. The molecule has 126 valence electrons. The van der Waals surface area contributed by atoms with Crippen LogP contribution >= 0.6 is 11.6 Å². The first kappa shape index (κ1) is 17.0. The Morgan fingerprint density at radius 1 is 1.08 bits per heavy atom. The number of carbonyl (C=O) groups excluding carboxylic acids is 1. The zero-order chi connectivity index (χ0) is 17.1. The molecule has 3 rings (SSSR count). The van der Waals surface area contributed by atoms with Crippen LogP contribution in [-0.2, 0) is 11.3 Å². The maximum absolute atomic E-state index is 11.5. The second-order valence-corrected chi connectivity index (χ2v) is 6.81. The van der Waals surface area contributed by atoms with Crippen LogP contribution in [0.3, 0.4) is 0 Å². The van der Waals surface area contributed by atoms with Crippen molar-refractivity contribution in [2.24, 2.45) is 0 Å². The minimum atomic E-state index is 0.171. The van der Waals surface area contributed by atoms with Crippen LogP contribution in [0, 0.1) is 6.92 Å². The van der Waals surface area contributed by atoms with Crippen LogP contribution in [0.15, 0.2) is 42.5 Å². The highest BCUT2D eigenvalue weighted by molar-refractivity contribution is 6.31. The number of carbonyl (C=O) groups is 1. The molecular weight excluding hydrogens is 320 g/mol. The highest BCUT2D eigenvalue weighted by Gasteiger charge is 2.19. The van der Waals surface area contributed by atoms with Crippen molar-refractivity contribution in [3.63, 3.8) is 0 Å². The van der Waals surface area contributed by atoms with Crippen molar-refractivity contribution in [1.29, 1.82) is 0 Å². The number of aryl methyl sites for hydroxylation is 1. The fraction of sp³-hybridized carbons (Fsp3) is 0.350. The van der Waals surface area contributed by atoms with Gasteiger partial charge in [0.2, 0.25) is 5.91 Å². The van der Waals surface area contributed by atoms with Crippen LogP contribution < -0.4 is 0 Å². The molecule has 0 unspecified atom stereocenters. The highest BCUT2D eigenvalue weighted by Crippen LogP contribution is 2.28. The summed E-state index contributed by atoms with van der Waals surface area (Å²) in [5.41, 5.74) is 4.78. The molecule has 4 heteroatoms. The molecule has 2 aromatic carbocycles. The minimum absolute atomic E-state index is 0.171. The van der Waals surface area contributed by atoms with Gasteiger partial charge >= 0.3 is 0 Å². The van der Waals surface area contributed by atoms with Gasteiger partial charge in [0, 0.05) is 44.7 Å². The standard InChI is InChI=1S/C20H23ClN2O/c1-15-7-8-17(13-20(15)21)19-6-4-3-5-18(19)14-22-9-11-23(12-10-22)16(2)24/h3-8,13H,9-12,14H2,1-2H3. The quantitative estimate of drug-likeness (QED) is 0.842. The van der Waals surface area contributed by atoms with E-state index >= 15 is 0 Å². The maximum atomic E-state index is 11.5. The number of hydrogen-bond acceptors (Lipinski definition) is 2. The molecule has 0 saturated carbocycles. The first-order valence-electron chi connectivity index (χ1n) is 8.37. The summed E-state index contributed by atoms with van der Waals surface area (Å²) in [5, 5.41) is 0.803. The summed E-state index contributed by atoms with van der Waals surface area (Å²) in [6, 6.07) is 14.7. The predicted octanol–water partition coefficient (Wildman–Crippen LogP) is 3.98. The first-order valence-corrected chi connectivity index (χ1v) is 8.74. The fourth-order valence-electron chi connectivity index (χ4n) is 3.16. The van der Waals surface area contributed by atoms with E-state index < -0.39 is 0 Å². The summed E-state index contributed by atoms with van der Waals surface area (Å²) in [5.74, 6) is 0.171. The number of halogens is 1. The number of benzene rings is 2. The molecule has 0 radical (unpaired) electrons. The third-order valence-electron chi connectivity index (χ3n) is 4.71. The Hall–Kier alpha value is -1.84. The molecule has 0 aromatic heterocycles. The molecule has 24 heavy (non-hydrogen) atoms. The number of amides is 1. The van der Waals surface area contributed by atoms with Gasteiger partial charge < -0.3 is 4.90 Å². The molecule has 1 saturated heterocycles. The van der Waals surface area contributed by atoms with E-state index in [2.05, 4.69) is 41.3 Å². The van der Waals surface area contributed by atoms with E-state index in [0.29, 0.717) is 0 Å². The lowest BCUT2D eigenvalue weighted by atomic mass is 9.98. The molecule has 0 atom stereocenters. The van der Waals surface area contributed by atoms with Crippen LogP contribution in [-0.4, -0.2) is 41.9 Å². The van der Waals surface area contributed by atoms with Crippen molar-refractivity contribution in [2.45, 2.75) is 20.4 Å². The smallest absolute Gasteiger partial charge is 0.219 e. The Morgan fingerprint density at radius 3 is 2.46 bits per heavy atom. The largest absolute Gasteiger partial charge is 0.340 e. The van der Waals surface area contributed by atoms with E-state index in [0.717, 1.165) is 48.9 Å². The molecule has 0 spiro atoms. The van der Waals surface area contributed by atoms with Crippen molar-refractivity contribution in [3.8, 4) is 11.1 Å². The molecule has 0 aliphatic carbocycles. The summed E-state index contributed by atoms with van der Waals surface area (Å²) in [4.78, 5) is 15.8. The van der Waals surface area contributed by atoms with Gasteiger partial charge in [0.15, 0.2) is 0 Å². The van der Waals surface area contributed by atoms with E-state index in [1.54, 1.807) is 6.92 Å². The van der Waals surface area contributed by atoms with Crippen molar-refractivity contribution in [2.75, 3.05) is 26.2 Å². The van der Waals surface area contributed by atoms with E-state index in [4.69, 9.17) is 11.6 Å². The topological polar surface area (TPSA) is 23.6 Å². The molecule has 1 amide bonds. The Balaban J connectivity index is 1.78. The Bertz CT molecular complexity index is 736. The van der Waals surface area contributed by atoms with Gasteiger partial charge in [0.25, 0.3) is 0 Å². The summed E-state index contributed by atoms with van der Waals surface area (Å²) < 4.78 is 0. The van der Waals surface area contributed by atoms with E-state index in [-0.39, 0.29) is 5.91 Å². The van der Waals surface area contributed by atoms with Crippen LogP contribution in [0.1, 0.15) is 18.1 Å². The lowest BCUT2D eigenvalue weighted by molar-refractivity contribution is -0.130. The van der Waals surface area contributed by atoms with Gasteiger partial charge in [-0.2, -0.15) is 0 Å². The van der Waals surface area contributed by atoms with Gasteiger partial charge in [-0.1, -0.05) is 48.0 Å². The lowest BCUT2D eigenvalue weighted by Crippen LogP contribution is -2.47. The number of hydrogen-bond donors (Lipinski definition) is 0. The molecule has 1 fully saturated rings. The van der Waals surface area contributed by atoms with Crippen LogP contribution in [0.4, 0.5) is 0 Å². The Morgan fingerprint density at radius 2 is 1.79 bits per heavy atom. The SMILES string of the molecule is CC(=O)N1CCN(Cc2ccccc2-c2ccc(C)c(Cl)c2)CC1. The van der Waals surface area contributed by atoms with E-state index in [9.17, 15) is 4.79 Å². The summed E-state index contributed by atoms with van der Waals surface area (Å²) in [6.07, 6.45) is 0. The summed E-state index contributed by atoms with van der Waals surface area (Å²) in [7, 11) is 0. The maximum Gasteiger partial charge on any atom is 0.219 e. The van der Waals surface area contributed by atoms with Gasteiger partial charge in [-0.25, -0.2) is 0 Å². The molecule has 1 aliphatic heterocycles. The van der Waals surface area contributed by atoms with Gasteiger partial charge in [-0.15, -0.1) is 0 Å². The zero-order valence-corrected chi connectivity index (χ0v) is 15.0. The molecule has 1 aliphatic rings. The average molecular weight is 343 g/mol. The monoisotopic (exact) mass is 342 g/mol. The predicted molar refractivity (Wildman–Crippen MR) is 99.2 cm³/mol. The van der Waals surface area contributed by atoms with Crippen molar-refractivity contribution < 1.29 is 4.79 Å².